The van der Waals surface area contributed by atoms with Gasteiger partial charge in [-0.25, -0.2) is 8.78 Å². The topological polar surface area (TPSA) is 17.1 Å². The number of carbonyl (C=O) groups excluding carboxylic acids is 1. The Morgan fingerprint density at radius 1 is 1.05 bits per heavy atom. The Bertz CT molecular complexity index is 581. The van der Waals surface area contributed by atoms with E-state index in [0.717, 1.165) is 0 Å². The molecule has 1 unspecified atom stereocenters. The fourth-order valence-corrected chi connectivity index (χ4v) is 2.64. The molecule has 2 rings (SSSR count). The van der Waals surface area contributed by atoms with E-state index >= 15 is 0 Å². The third kappa shape index (κ3) is 3.64. The summed E-state index contributed by atoms with van der Waals surface area (Å²) in [5.74, 6) is -0.803. The average molecular weight is 278 g/mol. The van der Waals surface area contributed by atoms with Gasteiger partial charge in [-0.05, 0) is 49.4 Å². The van der Waals surface area contributed by atoms with Crippen molar-refractivity contribution in [2.24, 2.45) is 0 Å². The highest BCUT2D eigenvalue weighted by Crippen LogP contribution is 2.26. The first kappa shape index (κ1) is 13.7. The summed E-state index contributed by atoms with van der Waals surface area (Å²) in [6.07, 6.45) is 0. The van der Waals surface area contributed by atoms with Gasteiger partial charge in [0.15, 0.2) is 5.78 Å². The third-order valence-electron chi connectivity index (χ3n) is 2.61. The number of rotatable bonds is 4. The Morgan fingerprint density at radius 3 is 2.37 bits per heavy atom. The SMILES string of the molecule is CC(Sc1cccc(F)c1)C(=O)c1ccc(F)cc1. The summed E-state index contributed by atoms with van der Waals surface area (Å²) in [6.45, 7) is 1.75. The minimum atomic E-state index is -0.373. The van der Waals surface area contributed by atoms with Gasteiger partial charge < -0.3 is 0 Å². The molecule has 0 saturated carbocycles. The van der Waals surface area contributed by atoms with Crippen molar-refractivity contribution in [2.75, 3.05) is 0 Å². The normalized spacial score (nSPS) is 12.2. The van der Waals surface area contributed by atoms with Crippen molar-refractivity contribution in [2.45, 2.75) is 17.1 Å². The van der Waals surface area contributed by atoms with Gasteiger partial charge in [0, 0.05) is 10.5 Å². The number of halogens is 2. The highest BCUT2D eigenvalue weighted by atomic mass is 32.2. The zero-order valence-electron chi connectivity index (χ0n) is 10.3. The van der Waals surface area contributed by atoms with Crippen LogP contribution in [0.1, 0.15) is 17.3 Å². The summed E-state index contributed by atoms with van der Waals surface area (Å²) in [7, 11) is 0. The Morgan fingerprint density at radius 2 is 1.74 bits per heavy atom. The molecule has 0 fully saturated rings. The van der Waals surface area contributed by atoms with Gasteiger partial charge in [-0.2, -0.15) is 0 Å². The lowest BCUT2D eigenvalue weighted by Gasteiger charge is -2.10. The Hall–Kier alpha value is -1.68. The molecule has 0 bridgehead atoms. The minimum absolute atomic E-state index is 0.103. The van der Waals surface area contributed by atoms with Gasteiger partial charge in [0.05, 0.1) is 5.25 Å². The van der Waals surface area contributed by atoms with E-state index in [2.05, 4.69) is 0 Å². The van der Waals surface area contributed by atoms with Crippen molar-refractivity contribution < 1.29 is 13.6 Å². The second kappa shape index (κ2) is 5.97. The summed E-state index contributed by atoms with van der Waals surface area (Å²) in [6, 6.07) is 11.5. The van der Waals surface area contributed by atoms with Crippen LogP contribution < -0.4 is 0 Å². The number of carbonyl (C=O) groups is 1. The van der Waals surface area contributed by atoms with Crippen LogP contribution in [0.25, 0.3) is 0 Å². The maximum atomic E-state index is 13.0. The van der Waals surface area contributed by atoms with E-state index < -0.39 is 0 Å². The number of Topliss-reactive ketones (excluding diaryl/α,β-unsaturated/α-hetero) is 1. The van der Waals surface area contributed by atoms with Gasteiger partial charge in [0.2, 0.25) is 0 Å². The maximum Gasteiger partial charge on any atom is 0.175 e. The maximum absolute atomic E-state index is 13.0. The van der Waals surface area contributed by atoms with E-state index in [1.807, 2.05) is 0 Å². The molecular weight excluding hydrogens is 266 g/mol. The van der Waals surface area contributed by atoms with Crippen LogP contribution in [0.3, 0.4) is 0 Å². The van der Waals surface area contributed by atoms with E-state index in [1.54, 1.807) is 19.1 Å². The molecule has 0 spiro atoms. The van der Waals surface area contributed by atoms with Crippen LogP contribution in [-0.2, 0) is 0 Å². The number of benzene rings is 2. The molecule has 1 atom stereocenters. The van der Waals surface area contributed by atoms with Gasteiger partial charge in [-0.1, -0.05) is 6.07 Å². The fourth-order valence-electron chi connectivity index (χ4n) is 1.65. The second-order valence-electron chi connectivity index (χ2n) is 4.09. The zero-order valence-corrected chi connectivity index (χ0v) is 11.1. The van der Waals surface area contributed by atoms with Crippen molar-refractivity contribution in [1.82, 2.24) is 0 Å². The number of hydrogen-bond donors (Lipinski definition) is 0. The summed E-state index contributed by atoms with van der Waals surface area (Å²) in [5, 5.41) is -0.354. The average Bonchev–Trinajstić information content (AvgIpc) is 2.39. The standard InChI is InChI=1S/C15H12F2OS/c1-10(19-14-4-2-3-13(17)9-14)15(18)11-5-7-12(16)8-6-11/h2-10H,1H3. The first-order chi connectivity index (χ1) is 9.06. The van der Waals surface area contributed by atoms with Crippen LogP contribution in [-0.4, -0.2) is 11.0 Å². The molecule has 2 aromatic rings. The van der Waals surface area contributed by atoms with Gasteiger partial charge >= 0.3 is 0 Å². The molecule has 2 aromatic carbocycles. The van der Waals surface area contributed by atoms with Crippen LogP contribution in [0.5, 0.6) is 0 Å². The fraction of sp³-hybridized carbons (Fsp3) is 0.133. The summed E-state index contributed by atoms with van der Waals surface area (Å²) in [5.41, 5.74) is 0.456. The van der Waals surface area contributed by atoms with Crippen LogP contribution in [0.15, 0.2) is 53.4 Å². The van der Waals surface area contributed by atoms with Gasteiger partial charge in [0.1, 0.15) is 11.6 Å². The summed E-state index contributed by atoms with van der Waals surface area (Å²) >= 11 is 1.28. The second-order valence-corrected chi connectivity index (χ2v) is 5.50. The number of hydrogen-bond acceptors (Lipinski definition) is 2. The smallest absolute Gasteiger partial charge is 0.175 e. The molecule has 0 amide bonds. The molecule has 1 nitrogen and oxygen atoms in total. The molecule has 0 heterocycles. The molecule has 0 aromatic heterocycles. The molecule has 19 heavy (non-hydrogen) atoms. The molecule has 98 valence electrons. The molecule has 4 heteroatoms. The van der Waals surface area contributed by atoms with Crippen molar-refractivity contribution in [3.8, 4) is 0 Å². The first-order valence-electron chi connectivity index (χ1n) is 5.78. The number of ketones is 1. The quantitative estimate of drug-likeness (QED) is 0.611. The van der Waals surface area contributed by atoms with Crippen LogP contribution in [0.2, 0.25) is 0 Å². The molecule has 0 saturated heterocycles. The Kier molecular flexibility index (Phi) is 4.32. The van der Waals surface area contributed by atoms with Crippen LogP contribution in [0.4, 0.5) is 8.78 Å². The number of thioether (sulfide) groups is 1. The first-order valence-corrected chi connectivity index (χ1v) is 6.66. The monoisotopic (exact) mass is 278 g/mol. The highest BCUT2D eigenvalue weighted by Gasteiger charge is 2.16. The van der Waals surface area contributed by atoms with Crippen molar-refractivity contribution >= 4 is 17.5 Å². The summed E-state index contributed by atoms with van der Waals surface area (Å²) < 4.78 is 25.8. The zero-order chi connectivity index (χ0) is 13.8. The predicted molar refractivity (Wildman–Crippen MR) is 72.4 cm³/mol. The largest absolute Gasteiger partial charge is 0.293 e. The predicted octanol–water partition coefficient (Wildman–Crippen LogP) is 4.33. The molecule has 0 aliphatic heterocycles. The highest BCUT2D eigenvalue weighted by molar-refractivity contribution is 8.00. The third-order valence-corrected chi connectivity index (χ3v) is 3.70. The molecule has 0 aliphatic carbocycles. The van der Waals surface area contributed by atoms with E-state index in [4.69, 9.17) is 0 Å². The minimum Gasteiger partial charge on any atom is -0.293 e. The molecule has 0 N–H and O–H groups in total. The lowest BCUT2D eigenvalue weighted by molar-refractivity contribution is 0.0994. The lowest BCUT2D eigenvalue weighted by atomic mass is 10.1. The van der Waals surface area contributed by atoms with Crippen molar-refractivity contribution in [3.05, 3.63) is 65.7 Å². The Balaban J connectivity index is 2.09. The van der Waals surface area contributed by atoms with Crippen molar-refractivity contribution in [1.29, 1.82) is 0 Å². The van der Waals surface area contributed by atoms with Crippen LogP contribution in [0, 0.1) is 11.6 Å². The lowest BCUT2D eigenvalue weighted by Crippen LogP contribution is -2.13. The molecular formula is C15H12F2OS. The Labute approximate surface area is 114 Å². The van der Waals surface area contributed by atoms with E-state index in [9.17, 15) is 13.6 Å². The van der Waals surface area contributed by atoms with E-state index in [1.165, 1.54) is 48.2 Å². The van der Waals surface area contributed by atoms with Gasteiger partial charge in [0.25, 0.3) is 0 Å². The molecule has 0 radical (unpaired) electrons. The summed E-state index contributed by atoms with van der Waals surface area (Å²) in [4.78, 5) is 12.8. The van der Waals surface area contributed by atoms with Gasteiger partial charge in [-0.15, -0.1) is 11.8 Å². The van der Waals surface area contributed by atoms with Crippen molar-refractivity contribution in [3.63, 3.8) is 0 Å². The van der Waals surface area contributed by atoms with E-state index in [0.29, 0.717) is 10.5 Å². The van der Waals surface area contributed by atoms with Gasteiger partial charge in [-0.3, -0.25) is 4.79 Å². The molecule has 0 aliphatic rings. The van der Waals surface area contributed by atoms with E-state index in [-0.39, 0.29) is 22.7 Å². The van der Waals surface area contributed by atoms with Crippen LogP contribution >= 0.6 is 11.8 Å².